The van der Waals surface area contributed by atoms with Crippen molar-refractivity contribution >= 4 is 0 Å². The summed E-state index contributed by atoms with van der Waals surface area (Å²) in [6.07, 6.45) is 3.30. The molecule has 0 saturated carbocycles. The van der Waals surface area contributed by atoms with Gasteiger partial charge >= 0.3 is 5.69 Å². The average molecular weight is 259 g/mol. The number of ether oxygens (including phenoxy) is 1. The summed E-state index contributed by atoms with van der Waals surface area (Å²) in [5.41, 5.74) is 7.66. The van der Waals surface area contributed by atoms with Gasteiger partial charge in [0, 0.05) is 24.5 Å². The van der Waals surface area contributed by atoms with Crippen LogP contribution in [-0.4, -0.2) is 16.7 Å². The smallest absolute Gasteiger partial charge is 0.347 e. The molecule has 0 saturated heterocycles. The Bertz CT molecular complexity index is 622. The highest BCUT2D eigenvalue weighted by Crippen LogP contribution is 2.23. The van der Waals surface area contributed by atoms with Crippen molar-refractivity contribution in [1.82, 2.24) is 9.55 Å². The molecular formula is C14H17N3O2. The highest BCUT2D eigenvalue weighted by Gasteiger charge is 2.12. The molecule has 1 heterocycles. The van der Waals surface area contributed by atoms with Crippen molar-refractivity contribution in [2.75, 3.05) is 7.11 Å². The lowest BCUT2D eigenvalue weighted by Crippen LogP contribution is -2.28. The summed E-state index contributed by atoms with van der Waals surface area (Å²) in [5, 5.41) is 0. The zero-order valence-electron chi connectivity index (χ0n) is 11.0. The molecule has 5 nitrogen and oxygen atoms in total. The lowest BCUT2D eigenvalue weighted by atomic mass is 10.1. The molecule has 0 aliphatic carbocycles. The van der Waals surface area contributed by atoms with Crippen LogP contribution in [0.5, 0.6) is 5.75 Å². The van der Waals surface area contributed by atoms with Gasteiger partial charge in [0.2, 0.25) is 0 Å². The number of methoxy groups -OCH3 is 1. The quantitative estimate of drug-likeness (QED) is 0.897. The summed E-state index contributed by atoms with van der Waals surface area (Å²) in [6, 6.07) is 7.21. The summed E-state index contributed by atoms with van der Waals surface area (Å²) in [7, 11) is 1.60. The number of rotatable bonds is 4. The van der Waals surface area contributed by atoms with Gasteiger partial charge in [-0.25, -0.2) is 9.78 Å². The number of hydrogen-bond donors (Lipinski definition) is 1. The Morgan fingerprint density at radius 1 is 1.42 bits per heavy atom. The first kappa shape index (κ1) is 13.3. The van der Waals surface area contributed by atoms with E-state index in [0.717, 1.165) is 16.9 Å². The number of nitrogens with zero attached hydrogens (tertiary/aromatic N) is 2. The van der Waals surface area contributed by atoms with E-state index >= 15 is 0 Å². The fourth-order valence-electron chi connectivity index (χ4n) is 1.98. The molecule has 1 atom stereocenters. The van der Waals surface area contributed by atoms with E-state index in [4.69, 9.17) is 10.5 Å². The van der Waals surface area contributed by atoms with Gasteiger partial charge in [-0.1, -0.05) is 18.2 Å². The van der Waals surface area contributed by atoms with Crippen LogP contribution in [0.1, 0.15) is 17.2 Å². The van der Waals surface area contributed by atoms with Crippen LogP contribution in [0.2, 0.25) is 0 Å². The van der Waals surface area contributed by atoms with Gasteiger partial charge in [0.05, 0.1) is 13.2 Å². The molecule has 1 aromatic heterocycles. The summed E-state index contributed by atoms with van der Waals surface area (Å²) in [4.78, 5) is 15.4. The third kappa shape index (κ3) is 3.00. The molecule has 0 amide bonds. The second kappa shape index (κ2) is 5.67. The number of para-hydroxylation sites is 1. The normalized spacial score (nSPS) is 12.2. The Morgan fingerprint density at radius 2 is 2.16 bits per heavy atom. The molecular weight excluding hydrogens is 242 g/mol. The van der Waals surface area contributed by atoms with Crippen molar-refractivity contribution < 1.29 is 4.74 Å². The molecule has 0 aliphatic heterocycles. The number of aryl methyl sites for hydroxylation is 1. The lowest BCUT2D eigenvalue weighted by Gasteiger charge is -2.16. The zero-order chi connectivity index (χ0) is 13.8. The molecule has 0 spiro atoms. The number of nitrogens with two attached hydrogens (primary N) is 1. The van der Waals surface area contributed by atoms with E-state index in [1.807, 2.05) is 31.2 Å². The van der Waals surface area contributed by atoms with E-state index in [9.17, 15) is 4.79 Å². The standard InChI is InChI=1S/C14H17N3O2/c1-10-7-16-14(18)17(8-10)9-12(15)11-5-3-4-6-13(11)19-2/h3-8,12H,9,15H2,1-2H3. The first-order valence-electron chi connectivity index (χ1n) is 6.03. The van der Waals surface area contributed by atoms with Crippen LogP contribution < -0.4 is 16.2 Å². The van der Waals surface area contributed by atoms with Crippen molar-refractivity contribution in [1.29, 1.82) is 0 Å². The van der Waals surface area contributed by atoms with Crippen LogP contribution in [-0.2, 0) is 6.54 Å². The van der Waals surface area contributed by atoms with E-state index in [0.29, 0.717) is 6.54 Å². The van der Waals surface area contributed by atoms with Crippen molar-refractivity contribution in [3.8, 4) is 5.75 Å². The van der Waals surface area contributed by atoms with E-state index in [1.54, 1.807) is 19.5 Å². The second-order valence-electron chi connectivity index (χ2n) is 4.41. The lowest BCUT2D eigenvalue weighted by molar-refractivity contribution is 0.401. The molecule has 0 bridgehead atoms. The Morgan fingerprint density at radius 3 is 2.89 bits per heavy atom. The van der Waals surface area contributed by atoms with Gasteiger partial charge in [0.15, 0.2) is 0 Å². The predicted octanol–water partition coefficient (Wildman–Crippen LogP) is 1.26. The van der Waals surface area contributed by atoms with E-state index in [2.05, 4.69) is 4.98 Å². The van der Waals surface area contributed by atoms with E-state index < -0.39 is 0 Å². The molecule has 0 radical (unpaired) electrons. The van der Waals surface area contributed by atoms with Crippen LogP contribution in [0, 0.1) is 6.92 Å². The predicted molar refractivity (Wildman–Crippen MR) is 73.2 cm³/mol. The van der Waals surface area contributed by atoms with Crippen LogP contribution in [0.4, 0.5) is 0 Å². The molecule has 100 valence electrons. The SMILES string of the molecule is COc1ccccc1C(N)Cn1cc(C)cnc1=O. The van der Waals surface area contributed by atoms with Gasteiger partial charge in [0.25, 0.3) is 0 Å². The summed E-state index contributed by atoms with van der Waals surface area (Å²) < 4.78 is 6.80. The van der Waals surface area contributed by atoms with Crippen molar-refractivity contribution in [2.45, 2.75) is 19.5 Å². The summed E-state index contributed by atoms with van der Waals surface area (Å²) in [6.45, 7) is 2.26. The van der Waals surface area contributed by atoms with Gasteiger partial charge in [-0.2, -0.15) is 0 Å². The monoisotopic (exact) mass is 259 g/mol. The third-order valence-corrected chi connectivity index (χ3v) is 2.92. The van der Waals surface area contributed by atoms with E-state index in [-0.39, 0.29) is 11.7 Å². The molecule has 2 rings (SSSR count). The van der Waals surface area contributed by atoms with Crippen LogP contribution in [0.3, 0.4) is 0 Å². The van der Waals surface area contributed by atoms with E-state index in [1.165, 1.54) is 4.57 Å². The third-order valence-electron chi connectivity index (χ3n) is 2.92. The molecule has 19 heavy (non-hydrogen) atoms. The minimum Gasteiger partial charge on any atom is -0.496 e. The fraction of sp³-hybridized carbons (Fsp3) is 0.286. The van der Waals surface area contributed by atoms with Crippen LogP contribution >= 0.6 is 0 Å². The van der Waals surface area contributed by atoms with Crippen molar-refractivity contribution in [3.05, 3.63) is 58.3 Å². The molecule has 1 aromatic carbocycles. The van der Waals surface area contributed by atoms with Gasteiger partial charge in [-0.05, 0) is 18.6 Å². The largest absolute Gasteiger partial charge is 0.496 e. The second-order valence-corrected chi connectivity index (χ2v) is 4.41. The Balaban J connectivity index is 2.28. The average Bonchev–Trinajstić information content (AvgIpc) is 2.42. The molecule has 0 aliphatic rings. The maximum atomic E-state index is 11.7. The maximum Gasteiger partial charge on any atom is 0.347 e. The molecule has 1 unspecified atom stereocenters. The highest BCUT2D eigenvalue weighted by molar-refractivity contribution is 5.35. The Labute approximate surface area is 111 Å². The summed E-state index contributed by atoms with van der Waals surface area (Å²) in [5.74, 6) is 0.726. The summed E-state index contributed by atoms with van der Waals surface area (Å²) >= 11 is 0. The maximum absolute atomic E-state index is 11.7. The highest BCUT2D eigenvalue weighted by atomic mass is 16.5. The molecule has 2 aromatic rings. The van der Waals surface area contributed by atoms with Gasteiger partial charge < -0.3 is 10.5 Å². The van der Waals surface area contributed by atoms with Gasteiger partial charge in [0.1, 0.15) is 5.75 Å². The van der Waals surface area contributed by atoms with Gasteiger partial charge in [-0.3, -0.25) is 4.57 Å². The first-order valence-corrected chi connectivity index (χ1v) is 6.03. The van der Waals surface area contributed by atoms with Crippen molar-refractivity contribution in [3.63, 3.8) is 0 Å². The Kier molecular flexibility index (Phi) is 3.97. The van der Waals surface area contributed by atoms with Crippen LogP contribution in [0.25, 0.3) is 0 Å². The van der Waals surface area contributed by atoms with Gasteiger partial charge in [-0.15, -0.1) is 0 Å². The van der Waals surface area contributed by atoms with Crippen LogP contribution in [0.15, 0.2) is 41.5 Å². The minimum atomic E-state index is -0.322. The molecule has 0 fully saturated rings. The van der Waals surface area contributed by atoms with Crippen molar-refractivity contribution in [2.24, 2.45) is 5.73 Å². The first-order chi connectivity index (χ1) is 9.11. The fourth-order valence-corrected chi connectivity index (χ4v) is 1.98. The Hall–Kier alpha value is -2.14. The zero-order valence-corrected chi connectivity index (χ0v) is 11.0. The topological polar surface area (TPSA) is 70.1 Å². The minimum absolute atomic E-state index is 0.295. The molecule has 2 N–H and O–H groups in total. The number of aromatic nitrogens is 2. The molecule has 5 heteroatoms. The number of hydrogen-bond acceptors (Lipinski definition) is 4. The number of benzene rings is 1.